The molecule has 26 heavy (non-hydrogen) atoms. The molecule has 0 saturated heterocycles. The van der Waals surface area contributed by atoms with Crippen LogP contribution in [0.25, 0.3) is 22.3 Å². The third-order valence-corrected chi connectivity index (χ3v) is 4.77. The first kappa shape index (κ1) is 18.5. The summed E-state index contributed by atoms with van der Waals surface area (Å²) in [5.41, 5.74) is 4.82. The second-order valence-corrected chi connectivity index (χ2v) is 7.32. The molecule has 0 bridgehead atoms. The Kier molecular flexibility index (Phi) is 6.69. The van der Waals surface area contributed by atoms with E-state index < -0.39 is 0 Å². The van der Waals surface area contributed by atoms with Gasteiger partial charge in [0.25, 0.3) is 0 Å². The van der Waals surface area contributed by atoms with Crippen molar-refractivity contribution in [2.45, 2.75) is 0 Å². The Morgan fingerprint density at radius 1 is 0.385 bits per heavy atom. The summed E-state index contributed by atoms with van der Waals surface area (Å²) >= 11 is 6.81. The Morgan fingerprint density at radius 2 is 0.654 bits per heavy atom. The molecule has 0 amide bonds. The summed E-state index contributed by atoms with van der Waals surface area (Å²) in [6, 6.07) is 24.5. The smallest absolute Gasteiger partial charge is 0.0273 e. The van der Waals surface area contributed by atoms with Crippen molar-refractivity contribution in [1.82, 2.24) is 9.97 Å². The molecular formula is C22H16Br2N2. The number of halogens is 2. The van der Waals surface area contributed by atoms with E-state index in [2.05, 4.69) is 66.1 Å². The number of benzene rings is 2. The zero-order chi connectivity index (χ0) is 18.2. The zero-order valence-electron chi connectivity index (χ0n) is 13.9. The first-order valence-electron chi connectivity index (χ1n) is 8.04. The molecule has 0 N–H and O–H groups in total. The Morgan fingerprint density at radius 3 is 0.962 bits per heavy atom. The third-order valence-electron chi connectivity index (χ3n) is 3.72. The molecule has 0 radical (unpaired) electrons. The van der Waals surface area contributed by atoms with Gasteiger partial charge in [-0.15, -0.1) is 0 Å². The average molecular weight is 468 g/mol. The van der Waals surface area contributed by atoms with Crippen LogP contribution in [0.5, 0.6) is 0 Å². The van der Waals surface area contributed by atoms with Crippen molar-refractivity contribution >= 4 is 31.9 Å². The molecule has 128 valence electrons. The SMILES string of the molecule is Brc1ccc(-c2ccncc2)cc1.Brc1ccc(-c2ccncc2)cc1. The van der Waals surface area contributed by atoms with Gasteiger partial charge in [0.15, 0.2) is 0 Å². The minimum absolute atomic E-state index is 1.10. The highest BCUT2D eigenvalue weighted by molar-refractivity contribution is 9.10. The highest BCUT2D eigenvalue weighted by atomic mass is 79.9. The molecule has 0 aliphatic heterocycles. The van der Waals surface area contributed by atoms with Crippen molar-refractivity contribution < 1.29 is 0 Å². The number of pyridine rings is 2. The summed E-state index contributed by atoms with van der Waals surface area (Å²) in [6.45, 7) is 0. The maximum absolute atomic E-state index is 3.98. The van der Waals surface area contributed by atoms with Crippen molar-refractivity contribution in [2.75, 3.05) is 0 Å². The Balaban J connectivity index is 0.000000151. The van der Waals surface area contributed by atoms with Crippen LogP contribution in [0.3, 0.4) is 0 Å². The van der Waals surface area contributed by atoms with E-state index in [9.17, 15) is 0 Å². The molecule has 0 saturated carbocycles. The lowest BCUT2D eigenvalue weighted by Gasteiger charge is -1.99. The summed E-state index contributed by atoms with van der Waals surface area (Å²) in [5, 5.41) is 0. The van der Waals surface area contributed by atoms with Crippen LogP contribution in [0.15, 0.2) is 107 Å². The molecule has 0 fully saturated rings. The topological polar surface area (TPSA) is 25.8 Å². The standard InChI is InChI=1S/2C11H8BrN/c2*12-11-3-1-9(2-4-11)10-5-7-13-8-6-10/h2*1-8H. The monoisotopic (exact) mass is 466 g/mol. The third kappa shape index (κ3) is 5.35. The Labute approximate surface area is 170 Å². The predicted molar refractivity (Wildman–Crippen MR) is 115 cm³/mol. The van der Waals surface area contributed by atoms with Crippen LogP contribution in [0.4, 0.5) is 0 Å². The summed E-state index contributed by atoms with van der Waals surface area (Å²) in [4.78, 5) is 7.96. The number of aromatic nitrogens is 2. The molecule has 2 aromatic heterocycles. The lowest BCUT2D eigenvalue weighted by Crippen LogP contribution is -1.77. The number of rotatable bonds is 2. The molecule has 0 aliphatic carbocycles. The van der Waals surface area contributed by atoms with Crippen molar-refractivity contribution in [1.29, 1.82) is 0 Å². The predicted octanol–water partition coefficient (Wildman–Crippen LogP) is 7.02. The number of hydrogen-bond acceptors (Lipinski definition) is 2. The maximum atomic E-state index is 3.98. The van der Waals surface area contributed by atoms with E-state index >= 15 is 0 Å². The zero-order valence-corrected chi connectivity index (χ0v) is 17.1. The summed E-state index contributed by atoms with van der Waals surface area (Å²) in [6.07, 6.45) is 7.21. The molecule has 0 atom stereocenters. The van der Waals surface area contributed by atoms with E-state index in [1.807, 2.05) is 48.5 Å². The van der Waals surface area contributed by atoms with Crippen molar-refractivity contribution in [3.63, 3.8) is 0 Å². The quantitative estimate of drug-likeness (QED) is 0.316. The van der Waals surface area contributed by atoms with Gasteiger partial charge in [-0.05, 0) is 70.8 Å². The number of nitrogens with zero attached hydrogens (tertiary/aromatic N) is 2. The van der Waals surface area contributed by atoms with E-state index in [-0.39, 0.29) is 0 Å². The van der Waals surface area contributed by atoms with Gasteiger partial charge in [-0.25, -0.2) is 0 Å². The van der Waals surface area contributed by atoms with Crippen LogP contribution >= 0.6 is 31.9 Å². The fraction of sp³-hybridized carbons (Fsp3) is 0. The van der Waals surface area contributed by atoms with Crippen LogP contribution in [0.2, 0.25) is 0 Å². The van der Waals surface area contributed by atoms with Crippen LogP contribution in [0, 0.1) is 0 Å². The van der Waals surface area contributed by atoms with E-state index in [4.69, 9.17) is 0 Å². The number of hydrogen-bond donors (Lipinski definition) is 0. The van der Waals surface area contributed by atoms with E-state index in [1.165, 1.54) is 22.3 Å². The highest BCUT2D eigenvalue weighted by Gasteiger charge is 1.95. The first-order valence-corrected chi connectivity index (χ1v) is 9.63. The fourth-order valence-electron chi connectivity index (χ4n) is 2.37. The summed E-state index contributed by atoms with van der Waals surface area (Å²) in [7, 11) is 0. The molecule has 4 heteroatoms. The van der Waals surface area contributed by atoms with Gasteiger partial charge in [0.05, 0.1) is 0 Å². The molecule has 4 aromatic rings. The van der Waals surface area contributed by atoms with Gasteiger partial charge in [-0.3, -0.25) is 9.97 Å². The Hall–Kier alpha value is -2.30. The van der Waals surface area contributed by atoms with Crippen LogP contribution in [-0.2, 0) is 0 Å². The molecule has 0 unspecified atom stereocenters. The van der Waals surface area contributed by atoms with Crippen LogP contribution in [0.1, 0.15) is 0 Å². The molecule has 2 heterocycles. The molecule has 2 nitrogen and oxygen atoms in total. The Bertz CT molecular complexity index is 842. The molecular weight excluding hydrogens is 452 g/mol. The minimum Gasteiger partial charge on any atom is -0.265 e. The lowest BCUT2D eigenvalue weighted by atomic mass is 10.1. The van der Waals surface area contributed by atoms with Gasteiger partial charge >= 0.3 is 0 Å². The van der Waals surface area contributed by atoms with E-state index in [0.29, 0.717) is 0 Å². The molecule has 0 spiro atoms. The van der Waals surface area contributed by atoms with Crippen LogP contribution < -0.4 is 0 Å². The van der Waals surface area contributed by atoms with Crippen molar-refractivity contribution in [3.8, 4) is 22.3 Å². The van der Waals surface area contributed by atoms with Gasteiger partial charge in [-0.1, -0.05) is 56.1 Å². The van der Waals surface area contributed by atoms with E-state index in [1.54, 1.807) is 24.8 Å². The van der Waals surface area contributed by atoms with Crippen LogP contribution in [-0.4, -0.2) is 9.97 Å². The molecule has 4 rings (SSSR count). The fourth-order valence-corrected chi connectivity index (χ4v) is 2.90. The summed E-state index contributed by atoms with van der Waals surface area (Å²) in [5.74, 6) is 0. The average Bonchev–Trinajstić information content (AvgIpc) is 2.71. The molecule has 0 aliphatic rings. The van der Waals surface area contributed by atoms with Gasteiger partial charge in [0.1, 0.15) is 0 Å². The van der Waals surface area contributed by atoms with Gasteiger partial charge < -0.3 is 0 Å². The van der Waals surface area contributed by atoms with E-state index in [0.717, 1.165) is 8.95 Å². The normalized spacial score (nSPS) is 9.92. The first-order chi connectivity index (χ1) is 12.7. The largest absolute Gasteiger partial charge is 0.265 e. The lowest BCUT2D eigenvalue weighted by molar-refractivity contribution is 1.33. The molecule has 2 aromatic carbocycles. The van der Waals surface area contributed by atoms with Crippen molar-refractivity contribution in [2.24, 2.45) is 0 Å². The van der Waals surface area contributed by atoms with Gasteiger partial charge in [-0.2, -0.15) is 0 Å². The summed E-state index contributed by atoms with van der Waals surface area (Å²) < 4.78 is 2.20. The maximum Gasteiger partial charge on any atom is 0.0273 e. The van der Waals surface area contributed by atoms with Gasteiger partial charge in [0.2, 0.25) is 0 Å². The van der Waals surface area contributed by atoms with Crippen molar-refractivity contribution in [3.05, 3.63) is 107 Å². The second kappa shape index (κ2) is 9.41. The highest BCUT2D eigenvalue weighted by Crippen LogP contribution is 2.21. The minimum atomic E-state index is 1.10. The van der Waals surface area contributed by atoms with Gasteiger partial charge in [0, 0.05) is 33.7 Å². The second-order valence-electron chi connectivity index (χ2n) is 5.49.